The molecule has 1 aliphatic heterocycles. The number of aromatic nitrogens is 1. The molecule has 3 heterocycles. The van der Waals surface area contributed by atoms with Crippen LogP contribution in [0.2, 0.25) is 0 Å². The first-order valence-corrected chi connectivity index (χ1v) is 9.26. The molecule has 1 fully saturated rings. The first-order valence-electron chi connectivity index (χ1n) is 9.26. The third kappa shape index (κ3) is 3.69. The van der Waals surface area contributed by atoms with Crippen molar-refractivity contribution in [3.8, 4) is 11.3 Å². The molecule has 144 valence electrons. The van der Waals surface area contributed by atoms with Gasteiger partial charge in [0.25, 0.3) is 5.91 Å². The van der Waals surface area contributed by atoms with Crippen LogP contribution in [0.5, 0.6) is 0 Å². The van der Waals surface area contributed by atoms with Crippen LogP contribution in [0.4, 0.5) is 5.69 Å². The zero-order valence-corrected chi connectivity index (χ0v) is 15.6. The van der Waals surface area contributed by atoms with Gasteiger partial charge in [-0.05, 0) is 56.2 Å². The van der Waals surface area contributed by atoms with Gasteiger partial charge in [-0.1, -0.05) is 0 Å². The number of benzene rings is 1. The third-order valence-electron chi connectivity index (χ3n) is 4.98. The van der Waals surface area contributed by atoms with E-state index in [1.54, 1.807) is 18.1 Å². The molecule has 1 aliphatic rings. The van der Waals surface area contributed by atoms with Gasteiger partial charge in [0.1, 0.15) is 11.5 Å². The van der Waals surface area contributed by atoms with Crippen molar-refractivity contribution < 1.29 is 18.4 Å². The lowest BCUT2D eigenvalue weighted by atomic mass is 9.96. The highest BCUT2D eigenvalue weighted by Crippen LogP contribution is 2.24. The predicted octanol–water partition coefficient (Wildman–Crippen LogP) is 3.73. The van der Waals surface area contributed by atoms with Gasteiger partial charge in [-0.15, -0.1) is 0 Å². The molecule has 1 atom stereocenters. The second-order valence-electron chi connectivity index (χ2n) is 6.89. The lowest BCUT2D eigenvalue weighted by Crippen LogP contribution is -2.44. The van der Waals surface area contributed by atoms with Crippen molar-refractivity contribution in [1.29, 1.82) is 0 Å². The van der Waals surface area contributed by atoms with Gasteiger partial charge >= 0.3 is 0 Å². The lowest BCUT2D eigenvalue weighted by Gasteiger charge is -2.31. The maximum absolute atomic E-state index is 12.7. The zero-order chi connectivity index (χ0) is 19.5. The minimum Gasteiger partial charge on any atom is -0.464 e. The van der Waals surface area contributed by atoms with Gasteiger partial charge < -0.3 is 19.1 Å². The molecule has 1 saturated heterocycles. The van der Waals surface area contributed by atoms with Gasteiger partial charge in [0.2, 0.25) is 5.91 Å². The Balaban J connectivity index is 1.39. The summed E-state index contributed by atoms with van der Waals surface area (Å²) in [5.74, 6) is 0.747. The van der Waals surface area contributed by atoms with Gasteiger partial charge in [-0.2, -0.15) is 0 Å². The molecule has 2 amide bonds. The van der Waals surface area contributed by atoms with Crippen LogP contribution in [0.1, 0.15) is 29.1 Å². The molecule has 7 heteroatoms. The molecular formula is C21H21N3O4. The topological polar surface area (TPSA) is 88.6 Å². The van der Waals surface area contributed by atoms with Crippen molar-refractivity contribution in [3.63, 3.8) is 0 Å². The Morgan fingerprint density at radius 3 is 2.68 bits per heavy atom. The number of amides is 2. The predicted molar refractivity (Wildman–Crippen MR) is 103 cm³/mol. The minimum atomic E-state index is -0.255. The Morgan fingerprint density at radius 1 is 1.18 bits per heavy atom. The van der Waals surface area contributed by atoms with Crippen LogP contribution in [-0.2, 0) is 4.79 Å². The van der Waals surface area contributed by atoms with E-state index in [-0.39, 0.29) is 17.7 Å². The number of carbonyl (C=O) groups is 2. The van der Waals surface area contributed by atoms with Crippen molar-refractivity contribution in [1.82, 2.24) is 9.88 Å². The highest BCUT2D eigenvalue weighted by molar-refractivity contribution is 5.95. The number of furan rings is 1. The van der Waals surface area contributed by atoms with E-state index in [2.05, 4.69) is 10.3 Å². The van der Waals surface area contributed by atoms with E-state index in [1.807, 2.05) is 36.4 Å². The number of nitrogens with one attached hydrogen (secondary N) is 1. The summed E-state index contributed by atoms with van der Waals surface area (Å²) >= 11 is 0. The van der Waals surface area contributed by atoms with Gasteiger partial charge in [0.15, 0.2) is 12.1 Å². The molecule has 0 spiro atoms. The molecule has 0 saturated carbocycles. The Bertz CT molecular complexity index is 960. The fourth-order valence-corrected chi connectivity index (χ4v) is 3.44. The summed E-state index contributed by atoms with van der Waals surface area (Å²) in [5, 5.41) is 2.95. The molecule has 0 bridgehead atoms. The van der Waals surface area contributed by atoms with Crippen molar-refractivity contribution in [2.75, 3.05) is 18.4 Å². The molecular weight excluding hydrogens is 358 g/mol. The average Bonchev–Trinajstić information content (AvgIpc) is 3.40. The van der Waals surface area contributed by atoms with E-state index < -0.39 is 0 Å². The Labute approximate surface area is 162 Å². The van der Waals surface area contributed by atoms with Crippen molar-refractivity contribution in [3.05, 3.63) is 60.5 Å². The van der Waals surface area contributed by atoms with Crippen LogP contribution in [0, 0.1) is 12.8 Å². The van der Waals surface area contributed by atoms with Crippen LogP contribution in [0.15, 0.2) is 57.9 Å². The highest BCUT2D eigenvalue weighted by atomic mass is 16.3. The van der Waals surface area contributed by atoms with Crippen molar-refractivity contribution in [2.24, 2.45) is 5.92 Å². The first kappa shape index (κ1) is 18.0. The fraction of sp³-hybridized carbons (Fsp3) is 0.286. The number of hydrogen-bond donors (Lipinski definition) is 1. The molecule has 0 aliphatic carbocycles. The number of oxazole rings is 1. The number of hydrogen-bond acceptors (Lipinski definition) is 5. The molecule has 3 aromatic rings. The van der Waals surface area contributed by atoms with Gasteiger partial charge in [-0.3, -0.25) is 9.59 Å². The maximum atomic E-state index is 12.7. The summed E-state index contributed by atoms with van der Waals surface area (Å²) in [6.07, 6.45) is 4.42. The quantitative estimate of drug-likeness (QED) is 0.746. The highest BCUT2D eigenvalue weighted by Gasteiger charge is 2.30. The van der Waals surface area contributed by atoms with E-state index in [0.717, 1.165) is 29.9 Å². The fourth-order valence-electron chi connectivity index (χ4n) is 3.44. The van der Waals surface area contributed by atoms with Crippen LogP contribution < -0.4 is 5.32 Å². The van der Waals surface area contributed by atoms with Crippen molar-refractivity contribution >= 4 is 17.5 Å². The number of piperidine rings is 1. The largest absolute Gasteiger partial charge is 0.464 e. The number of aryl methyl sites for hydroxylation is 1. The Morgan fingerprint density at radius 2 is 2.00 bits per heavy atom. The van der Waals surface area contributed by atoms with Gasteiger partial charge in [0, 0.05) is 24.3 Å². The van der Waals surface area contributed by atoms with E-state index in [9.17, 15) is 9.59 Å². The van der Waals surface area contributed by atoms with Crippen LogP contribution in [0.25, 0.3) is 11.3 Å². The normalized spacial score (nSPS) is 16.8. The smallest absolute Gasteiger partial charge is 0.276 e. The molecule has 1 aromatic carbocycles. The van der Waals surface area contributed by atoms with Crippen LogP contribution >= 0.6 is 0 Å². The summed E-state index contributed by atoms with van der Waals surface area (Å²) in [5.41, 5.74) is 1.98. The summed E-state index contributed by atoms with van der Waals surface area (Å²) in [4.78, 5) is 31.0. The molecule has 28 heavy (non-hydrogen) atoms. The molecule has 2 aromatic heterocycles. The van der Waals surface area contributed by atoms with Crippen LogP contribution in [-0.4, -0.2) is 34.8 Å². The van der Waals surface area contributed by atoms with E-state index in [1.165, 1.54) is 6.39 Å². The second-order valence-corrected chi connectivity index (χ2v) is 6.89. The van der Waals surface area contributed by atoms with E-state index in [4.69, 9.17) is 8.83 Å². The number of likely N-dealkylation sites (tertiary alicyclic amines) is 1. The second kappa shape index (κ2) is 7.72. The standard InChI is InChI=1S/C21H21N3O4/c1-14-19(22-13-28-14)21(26)24-10-2-4-16(12-24)20(25)23-17-8-6-15(7-9-17)18-5-3-11-27-18/h3,5-9,11,13,16H,2,4,10,12H2,1H3,(H,23,25)/t16-/m1/s1. The third-order valence-corrected chi connectivity index (χ3v) is 4.98. The van der Waals surface area contributed by atoms with Gasteiger partial charge in [-0.25, -0.2) is 4.98 Å². The van der Waals surface area contributed by atoms with Gasteiger partial charge in [0.05, 0.1) is 12.2 Å². The minimum absolute atomic E-state index is 0.0832. The Hall–Kier alpha value is -3.35. The summed E-state index contributed by atoms with van der Waals surface area (Å²) in [7, 11) is 0. The van der Waals surface area contributed by atoms with Crippen LogP contribution in [0.3, 0.4) is 0 Å². The molecule has 0 unspecified atom stereocenters. The molecule has 0 radical (unpaired) electrons. The summed E-state index contributed by atoms with van der Waals surface area (Å²) in [6, 6.07) is 11.2. The molecule has 1 N–H and O–H groups in total. The van der Waals surface area contributed by atoms with E-state index >= 15 is 0 Å². The number of carbonyl (C=O) groups excluding carboxylic acids is 2. The van der Waals surface area contributed by atoms with Crippen molar-refractivity contribution in [2.45, 2.75) is 19.8 Å². The molecule has 7 nitrogen and oxygen atoms in total. The SMILES string of the molecule is Cc1ocnc1C(=O)N1CCC[C@@H](C(=O)Nc2ccc(-c3ccco3)cc2)C1. The number of anilines is 1. The summed E-state index contributed by atoms with van der Waals surface area (Å²) < 4.78 is 10.5. The van der Waals surface area contributed by atoms with E-state index in [0.29, 0.717) is 24.5 Å². The number of rotatable bonds is 4. The Kier molecular flexibility index (Phi) is 4.97. The number of nitrogens with zero attached hydrogens (tertiary/aromatic N) is 2. The maximum Gasteiger partial charge on any atom is 0.276 e. The first-order chi connectivity index (χ1) is 13.6. The molecule has 4 rings (SSSR count). The lowest BCUT2D eigenvalue weighted by molar-refractivity contribution is -0.121. The monoisotopic (exact) mass is 379 g/mol. The average molecular weight is 379 g/mol. The summed E-state index contributed by atoms with van der Waals surface area (Å²) in [6.45, 7) is 2.70. The zero-order valence-electron chi connectivity index (χ0n) is 15.6.